The van der Waals surface area contributed by atoms with Crippen molar-refractivity contribution in [3.8, 4) is 11.1 Å². The lowest BCUT2D eigenvalue weighted by molar-refractivity contribution is -0.0615. The summed E-state index contributed by atoms with van der Waals surface area (Å²) in [7, 11) is 0. The Morgan fingerprint density at radius 2 is 2.18 bits per heavy atom. The summed E-state index contributed by atoms with van der Waals surface area (Å²) < 4.78 is 25.7. The number of hydrogen-bond acceptors (Lipinski definition) is 8. The van der Waals surface area contributed by atoms with Crippen molar-refractivity contribution in [2.75, 3.05) is 49.6 Å². The Hall–Kier alpha value is -2.75. The first kappa shape index (κ1) is 18.6. The van der Waals surface area contributed by atoms with E-state index in [9.17, 15) is 4.39 Å². The van der Waals surface area contributed by atoms with Crippen molar-refractivity contribution in [1.29, 1.82) is 0 Å². The molecule has 0 amide bonds. The SMILES string of the molecule is NC[C@H]1CN(c2ccc(-c3ccc(N4C=NOCC4)nc3)c(F)c2)COCO1. The maximum absolute atomic E-state index is 14.8. The van der Waals surface area contributed by atoms with E-state index < -0.39 is 0 Å². The number of benzene rings is 1. The van der Waals surface area contributed by atoms with Gasteiger partial charge in [0.25, 0.3) is 0 Å². The van der Waals surface area contributed by atoms with Crippen LogP contribution in [0.3, 0.4) is 0 Å². The van der Waals surface area contributed by atoms with Crippen molar-refractivity contribution in [2.45, 2.75) is 6.10 Å². The summed E-state index contributed by atoms with van der Waals surface area (Å²) in [5.74, 6) is 0.414. The van der Waals surface area contributed by atoms with Gasteiger partial charge in [0.15, 0.2) is 0 Å². The van der Waals surface area contributed by atoms with Crippen molar-refractivity contribution >= 4 is 17.8 Å². The van der Waals surface area contributed by atoms with Crippen molar-refractivity contribution in [3.05, 3.63) is 42.3 Å². The van der Waals surface area contributed by atoms with Crippen LogP contribution >= 0.6 is 0 Å². The van der Waals surface area contributed by atoms with Crippen molar-refractivity contribution in [1.82, 2.24) is 4.98 Å². The molecule has 9 heteroatoms. The van der Waals surface area contributed by atoms with Gasteiger partial charge in [0.1, 0.15) is 38.1 Å². The molecular formula is C19H22FN5O3. The van der Waals surface area contributed by atoms with Crippen LogP contribution in [0.25, 0.3) is 11.1 Å². The van der Waals surface area contributed by atoms with E-state index in [0.29, 0.717) is 44.1 Å². The Labute approximate surface area is 162 Å². The minimum absolute atomic E-state index is 0.147. The molecule has 2 aliphatic rings. The zero-order chi connectivity index (χ0) is 19.3. The quantitative estimate of drug-likeness (QED) is 0.856. The highest BCUT2D eigenvalue weighted by Crippen LogP contribution is 2.28. The molecule has 0 spiro atoms. The normalized spacial score (nSPS) is 20.0. The summed E-state index contributed by atoms with van der Waals surface area (Å²) in [4.78, 5) is 13.1. The number of oxime groups is 1. The molecule has 2 aromatic rings. The average Bonchev–Trinajstić information content (AvgIpc) is 3.00. The molecule has 0 saturated carbocycles. The van der Waals surface area contributed by atoms with E-state index in [2.05, 4.69) is 10.1 Å². The number of rotatable bonds is 4. The molecule has 3 heterocycles. The number of nitrogens with two attached hydrogens (primary N) is 1. The topological polar surface area (TPSA) is 85.4 Å². The van der Waals surface area contributed by atoms with E-state index in [1.165, 1.54) is 6.07 Å². The van der Waals surface area contributed by atoms with Gasteiger partial charge >= 0.3 is 0 Å². The lowest BCUT2D eigenvalue weighted by atomic mass is 10.1. The molecule has 2 N–H and O–H groups in total. The number of anilines is 2. The van der Waals surface area contributed by atoms with Crippen LogP contribution in [0.15, 0.2) is 41.7 Å². The number of aromatic nitrogens is 1. The third-order valence-electron chi connectivity index (χ3n) is 4.68. The van der Waals surface area contributed by atoms with Gasteiger partial charge in [0, 0.05) is 36.1 Å². The fraction of sp³-hybridized carbons (Fsp3) is 0.368. The maximum Gasteiger partial charge on any atom is 0.149 e. The molecule has 1 aromatic heterocycles. The highest BCUT2D eigenvalue weighted by atomic mass is 19.1. The van der Waals surface area contributed by atoms with Crippen LogP contribution in [0.2, 0.25) is 0 Å². The molecule has 4 rings (SSSR count). The number of ether oxygens (including phenoxy) is 2. The maximum atomic E-state index is 14.8. The molecule has 1 atom stereocenters. The molecule has 0 radical (unpaired) electrons. The summed E-state index contributed by atoms with van der Waals surface area (Å²) in [5, 5.41) is 3.77. The van der Waals surface area contributed by atoms with Crippen LogP contribution in [0.1, 0.15) is 0 Å². The monoisotopic (exact) mass is 387 g/mol. The first-order chi connectivity index (χ1) is 13.7. The van der Waals surface area contributed by atoms with Crippen LogP contribution in [0.4, 0.5) is 15.9 Å². The van der Waals surface area contributed by atoms with Crippen molar-refractivity contribution < 1.29 is 18.7 Å². The lowest BCUT2D eigenvalue weighted by Gasteiger charge is -2.24. The molecule has 0 bridgehead atoms. The third kappa shape index (κ3) is 4.06. The molecule has 0 unspecified atom stereocenters. The number of hydrogen-bond donors (Lipinski definition) is 1. The molecule has 1 fully saturated rings. The fourth-order valence-electron chi connectivity index (χ4n) is 3.13. The molecule has 28 heavy (non-hydrogen) atoms. The predicted molar refractivity (Wildman–Crippen MR) is 104 cm³/mol. The summed E-state index contributed by atoms with van der Waals surface area (Å²) in [6.07, 6.45) is 3.10. The molecule has 148 valence electrons. The molecule has 2 aliphatic heterocycles. The minimum atomic E-state index is -0.325. The van der Waals surface area contributed by atoms with Gasteiger partial charge in [-0.3, -0.25) is 0 Å². The van der Waals surface area contributed by atoms with Gasteiger partial charge in [-0.25, -0.2) is 9.37 Å². The lowest BCUT2D eigenvalue weighted by Crippen LogP contribution is -2.36. The van der Waals surface area contributed by atoms with Gasteiger partial charge in [-0.1, -0.05) is 5.16 Å². The van der Waals surface area contributed by atoms with E-state index in [1.54, 1.807) is 18.6 Å². The third-order valence-corrected chi connectivity index (χ3v) is 4.68. The summed E-state index contributed by atoms with van der Waals surface area (Å²) in [5.41, 5.74) is 7.61. The van der Waals surface area contributed by atoms with E-state index in [4.69, 9.17) is 20.0 Å². The standard InChI is InChI=1S/C19H22FN5O3/c20-18-7-15(25-10-16(8-21)27-13-26-12-25)2-3-17(18)14-1-4-19(22-9-14)24-5-6-28-23-11-24/h1-4,7,9,11,16H,5-6,8,10,12-13,21H2/t16-/m0/s1. The van der Waals surface area contributed by atoms with Crippen LogP contribution in [0.5, 0.6) is 0 Å². The molecular weight excluding hydrogens is 365 g/mol. The molecule has 1 aromatic carbocycles. The first-order valence-electron chi connectivity index (χ1n) is 9.07. The molecule has 8 nitrogen and oxygen atoms in total. The summed E-state index contributed by atoms with van der Waals surface area (Å²) in [6.45, 7) is 2.62. The number of pyridine rings is 1. The highest BCUT2D eigenvalue weighted by molar-refractivity contribution is 5.78. The van der Waals surface area contributed by atoms with Gasteiger partial charge in [-0.05, 0) is 30.3 Å². The highest BCUT2D eigenvalue weighted by Gasteiger charge is 2.19. The zero-order valence-corrected chi connectivity index (χ0v) is 15.3. The fourth-order valence-corrected chi connectivity index (χ4v) is 3.13. The second-order valence-corrected chi connectivity index (χ2v) is 6.51. The minimum Gasteiger partial charge on any atom is -0.393 e. The van der Waals surface area contributed by atoms with E-state index in [1.807, 2.05) is 28.0 Å². The summed E-state index contributed by atoms with van der Waals surface area (Å²) >= 11 is 0. The van der Waals surface area contributed by atoms with E-state index in [0.717, 1.165) is 11.5 Å². The van der Waals surface area contributed by atoms with Crippen LogP contribution in [0, 0.1) is 5.82 Å². The van der Waals surface area contributed by atoms with E-state index in [-0.39, 0.29) is 18.7 Å². The van der Waals surface area contributed by atoms with Crippen LogP contribution in [-0.4, -0.2) is 57.2 Å². The van der Waals surface area contributed by atoms with Gasteiger partial charge in [-0.15, -0.1) is 0 Å². The van der Waals surface area contributed by atoms with Crippen molar-refractivity contribution in [2.24, 2.45) is 10.9 Å². The smallest absolute Gasteiger partial charge is 0.149 e. The molecule has 1 saturated heterocycles. The van der Waals surface area contributed by atoms with Crippen molar-refractivity contribution in [3.63, 3.8) is 0 Å². The Morgan fingerprint density at radius 3 is 2.89 bits per heavy atom. The molecule has 0 aliphatic carbocycles. The summed E-state index contributed by atoms with van der Waals surface area (Å²) in [6, 6.07) is 8.80. The van der Waals surface area contributed by atoms with Gasteiger partial charge in [0.05, 0.1) is 12.6 Å². The Balaban J connectivity index is 1.52. The second-order valence-electron chi connectivity index (χ2n) is 6.51. The average molecular weight is 387 g/mol. The Bertz CT molecular complexity index is 833. The van der Waals surface area contributed by atoms with Crippen LogP contribution < -0.4 is 15.5 Å². The van der Waals surface area contributed by atoms with Gasteiger partial charge in [0.2, 0.25) is 0 Å². The van der Waals surface area contributed by atoms with Crippen LogP contribution in [-0.2, 0) is 14.3 Å². The van der Waals surface area contributed by atoms with E-state index >= 15 is 0 Å². The van der Waals surface area contributed by atoms with Gasteiger partial charge in [-0.2, -0.15) is 0 Å². The first-order valence-corrected chi connectivity index (χ1v) is 9.07. The predicted octanol–water partition coefficient (Wildman–Crippen LogP) is 1.76. The van der Waals surface area contributed by atoms with Gasteiger partial charge < -0.3 is 29.8 Å². The second kappa shape index (κ2) is 8.51. The number of nitrogens with zero attached hydrogens (tertiary/aromatic N) is 4. The Kier molecular flexibility index (Phi) is 5.65. The Morgan fingerprint density at radius 1 is 1.25 bits per heavy atom. The largest absolute Gasteiger partial charge is 0.393 e. The zero-order valence-electron chi connectivity index (χ0n) is 15.3. The number of halogens is 1.